The van der Waals surface area contributed by atoms with Crippen molar-refractivity contribution in [3.8, 4) is 0 Å². The van der Waals surface area contributed by atoms with Gasteiger partial charge in [-0.3, -0.25) is 4.79 Å². The van der Waals surface area contributed by atoms with Crippen molar-refractivity contribution in [3.63, 3.8) is 0 Å². The SMILES string of the molecule is CC(C)CC(N)C(=O)N(CCCN(C)C)CCCN(C)C. The van der Waals surface area contributed by atoms with Gasteiger partial charge in [-0.25, -0.2) is 0 Å². The third-order valence-electron chi connectivity index (χ3n) is 3.42. The first-order valence-corrected chi connectivity index (χ1v) is 8.07. The van der Waals surface area contributed by atoms with Crippen LogP contribution in [-0.4, -0.2) is 81.0 Å². The summed E-state index contributed by atoms with van der Waals surface area (Å²) in [6.45, 7) is 7.81. The Labute approximate surface area is 131 Å². The second kappa shape index (κ2) is 11.0. The Hall–Kier alpha value is -0.650. The maximum absolute atomic E-state index is 12.5. The molecule has 0 bridgehead atoms. The summed E-state index contributed by atoms with van der Waals surface area (Å²) >= 11 is 0. The van der Waals surface area contributed by atoms with Crippen molar-refractivity contribution in [1.29, 1.82) is 0 Å². The first-order valence-electron chi connectivity index (χ1n) is 8.07. The average molecular weight is 300 g/mol. The zero-order valence-corrected chi connectivity index (χ0v) is 14.9. The van der Waals surface area contributed by atoms with Crippen LogP contribution in [0.5, 0.6) is 0 Å². The molecule has 0 rings (SSSR count). The van der Waals surface area contributed by atoms with Gasteiger partial charge >= 0.3 is 0 Å². The topological polar surface area (TPSA) is 52.8 Å². The average Bonchev–Trinajstić information content (AvgIpc) is 2.34. The van der Waals surface area contributed by atoms with Gasteiger partial charge in [0, 0.05) is 13.1 Å². The lowest BCUT2D eigenvalue weighted by molar-refractivity contribution is -0.133. The van der Waals surface area contributed by atoms with Gasteiger partial charge < -0.3 is 20.4 Å². The molecule has 0 saturated carbocycles. The number of nitrogens with two attached hydrogens (primary N) is 1. The summed E-state index contributed by atoms with van der Waals surface area (Å²) in [5.41, 5.74) is 6.07. The van der Waals surface area contributed by atoms with Crippen LogP contribution >= 0.6 is 0 Å². The Kier molecular flexibility index (Phi) is 10.6. The highest BCUT2D eigenvalue weighted by atomic mass is 16.2. The molecule has 1 atom stereocenters. The van der Waals surface area contributed by atoms with E-state index in [1.807, 2.05) is 4.90 Å². The molecule has 0 heterocycles. The Morgan fingerprint density at radius 3 is 1.67 bits per heavy atom. The summed E-state index contributed by atoms with van der Waals surface area (Å²) in [7, 11) is 8.23. The summed E-state index contributed by atoms with van der Waals surface area (Å²) in [4.78, 5) is 18.8. The molecule has 0 aromatic heterocycles. The van der Waals surface area contributed by atoms with Crippen LogP contribution in [-0.2, 0) is 4.79 Å². The lowest BCUT2D eigenvalue weighted by Crippen LogP contribution is -2.46. The van der Waals surface area contributed by atoms with Crippen molar-refractivity contribution in [3.05, 3.63) is 0 Å². The van der Waals surface area contributed by atoms with E-state index < -0.39 is 0 Å². The quantitative estimate of drug-likeness (QED) is 0.621. The molecule has 126 valence electrons. The van der Waals surface area contributed by atoms with Crippen molar-refractivity contribution in [2.24, 2.45) is 11.7 Å². The Morgan fingerprint density at radius 1 is 0.905 bits per heavy atom. The minimum atomic E-state index is -0.358. The zero-order valence-electron chi connectivity index (χ0n) is 14.9. The fourth-order valence-corrected chi connectivity index (χ4v) is 2.33. The van der Waals surface area contributed by atoms with Crippen LogP contribution in [0, 0.1) is 5.92 Å². The van der Waals surface area contributed by atoms with Gasteiger partial charge in [-0.05, 0) is 66.5 Å². The van der Waals surface area contributed by atoms with Gasteiger partial charge in [0.15, 0.2) is 0 Å². The first-order chi connectivity index (χ1) is 9.73. The smallest absolute Gasteiger partial charge is 0.239 e. The lowest BCUT2D eigenvalue weighted by Gasteiger charge is -2.27. The molecule has 0 aliphatic rings. The third-order valence-corrected chi connectivity index (χ3v) is 3.42. The van der Waals surface area contributed by atoms with E-state index >= 15 is 0 Å². The van der Waals surface area contributed by atoms with Gasteiger partial charge in [0.25, 0.3) is 0 Å². The standard InChI is InChI=1S/C16H36N4O/c1-14(2)13-15(17)16(21)20(11-7-9-18(3)4)12-8-10-19(5)6/h14-15H,7-13,17H2,1-6H3. The molecule has 0 fully saturated rings. The van der Waals surface area contributed by atoms with Gasteiger partial charge in [0.1, 0.15) is 0 Å². The molecule has 0 aliphatic heterocycles. The van der Waals surface area contributed by atoms with E-state index in [0.29, 0.717) is 5.92 Å². The van der Waals surface area contributed by atoms with Gasteiger partial charge in [-0.2, -0.15) is 0 Å². The second-order valence-corrected chi connectivity index (χ2v) is 6.87. The maximum atomic E-state index is 12.5. The van der Waals surface area contributed by atoms with Crippen molar-refractivity contribution < 1.29 is 4.79 Å². The predicted octanol–water partition coefficient (Wildman–Crippen LogP) is 1.09. The monoisotopic (exact) mass is 300 g/mol. The van der Waals surface area contributed by atoms with Crippen LogP contribution in [0.4, 0.5) is 0 Å². The van der Waals surface area contributed by atoms with Crippen LogP contribution in [0.3, 0.4) is 0 Å². The Morgan fingerprint density at radius 2 is 1.33 bits per heavy atom. The summed E-state index contributed by atoms with van der Waals surface area (Å²) < 4.78 is 0. The summed E-state index contributed by atoms with van der Waals surface area (Å²) in [6, 6.07) is -0.358. The maximum Gasteiger partial charge on any atom is 0.239 e. The van der Waals surface area contributed by atoms with Gasteiger partial charge in [0.2, 0.25) is 5.91 Å². The molecule has 1 unspecified atom stereocenters. The molecule has 2 N–H and O–H groups in total. The highest BCUT2D eigenvalue weighted by Gasteiger charge is 2.21. The fourth-order valence-electron chi connectivity index (χ4n) is 2.33. The van der Waals surface area contributed by atoms with Crippen molar-refractivity contribution in [1.82, 2.24) is 14.7 Å². The summed E-state index contributed by atoms with van der Waals surface area (Å²) in [5, 5.41) is 0. The van der Waals surface area contributed by atoms with Crippen LogP contribution in [0.15, 0.2) is 0 Å². The molecule has 0 aromatic carbocycles. The molecule has 21 heavy (non-hydrogen) atoms. The van der Waals surface area contributed by atoms with Crippen LogP contribution in [0.1, 0.15) is 33.1 Å². The molecular weight excluding hydrogens is 264 g/mol. The number of hydrogen-bond donors (Lipinski definition) is 1. The van der Waals surface area contributed by atoms with E-state index in [9.17, 15) is 4.79 Å². The minimum absolute atomic E-state index is 0.112. The highest BCUT2D eigenvalue weighted by Crippen LogP contribution is 2.07. The highest BCUT2D eigenvalue weighted by molar-refractivity contribution is 5.81. The Bertz CT molecular complexity index is 265. The zero-order chi connectivity index (χ0) is 16.4. The minimum Gasteiger partial charge on any atom is -0.341 e. The van der Waals surface area contributed by atoms with E-state index in [2.05, 4.69) is 51.8 Å². The van der Waals surface area contributed by atoms with Crippen LogP contribution in [0.2, 0.25) is 0 Å². The number of carbonyl (C=O) groups is 1. The molecule has 5 heteroatoms. The van der Waals surface area contributed by atoms with Crippen molar-refractivity contribution >= 4 is 5.91 Å². The molecule has 0 saturated heterocycles. The van der Waals surface area contributed by atoms with E-state index in [0.717, 1.165) is 45.4 Å². The van der Waals surface area contributed by atoms with E-state index in [1.165, 1.54) is 0 Å². The predicted molar refractivity (Wildman–Crippen MR) is 90.4 cm³/mol. The molecule has 0 aromatic rings. The summed E-state index contributed by atoms with van der Waals surface area (Å²) in [5.74, 6) is 0.565. The number of nitrogens with zero attached hydrogens (tertiary/aromatic N) is 3. The van der Waals surface area contributed by atoms with Crippen molar-refractivity contribution in [2.75, 3.05) is 54.4 Å². The van der Waals surface area contributed by atoms with E-state index in [4.69, 9.17) is 5.73 Å². The fraction of sp³-hybridized carbons (Fsp3) is 0.938. The van der Waals surface area contributed by atoms with Crippen LogP contribution < -0.4 is 5.73 Å². The van der Waals surface area contributed by atoms with Crippen molar-refractivity contribution in [2.45, 2.75) is 39.2 Å². The molecule has 0 aliphatic carbocycles. The molecular formula is C16H36N4O. The number of carbonyl (C=O) groups excluding carboxylic acids is 1. The number of hydrogen-bond acceptors (Lipinski definition) is 4. The Balaban J connectivity index is 4.42. The third kappa shape index (κ3) is 10.7. The van der Waals surface area contributed by atoms with E-state index in [1.54, 1.807) is 0 Å². The lowest BCUT2D eigenvalue weighted by atomic mass is 10.0. The molecule has 5 nitrogen and oxygen atoms in total. The molecule has 1 amide bonds. The van der Waals surface area contributed by atoms with Gasteiger partial charge in [0.05, 0.1) is 6.04 Å². The largest absolute Gasteiger partial charge is 0.341 e. The normalized spacial score (nSPS) is 13.2. The van der Waals surface area contributed by atoms with Gasteiger partial charge in [-0.1, -0.05) is 13.8 Å². The second-order valence-electron chi connectivity index (χ2n) is 6.87. The number of rotatable bonds is 11. The van der Waals surface area contributed by atoms with Crippen LogP contribution in [0.25, 0.3) is 0 Å². The molecule has 0 radical (unpaired) electrons. The molecule has 0 spiro atoms. The summed E-state index contributed by atoms with van der Waals surface area (Å²) in [6.07, 6.45) is 2.75. The van der Waals surface area contributed by atoms with Gasteiger partial charge in [-0.15, -0.1) is 0 Å². The van der Waals surface area contributed by atoms with E-state index in [-0.39, 0.29) is 11.9 Å². The first kappa shape index (κ1) is 20.3. The number of amides is 1.